The average Bonchev–Trinajstić information content (AvgIpc) is 2.66. The number of hydrogen-bond acceptors (Lipinski definition) is 7. The van der Waals surface area contributed by atoms with Crippen LogP contribution in [0.3, 0.4) is 0 Å². The minimum absolute atomic E-state index is 0.00226. The highest BCUT2D eigenvalue weighted by atomic mass is 32.2. The molecule has 1 aromatic carbocycles. The van der Waals surface area contributed by atoms with Crippen molar-refractivity contribution < 1.29 is 14.6 Å². The first-order valence-electron chi connectivity index (χ1n) is 9.91. The summed E-state index contributed by atoms with van der Waals surface area (Å²) in [6, 6.07) is 4.93. The molecule has 4 rings (SSSR count). The Morgan fingerprint density at radius 1 is 1.30 bits per heavy atom. The molecule has 1 aliphatic heterocycles. The number of nitrogens with zero attached hydrogens (tertiary/aromatic N) is 1. The molecule has 7 nitrogen and oxygen atoms in total. The maximum Gasteiger partial charge on any atom is 0.257 e. The summed E-state index contributed by atoms with van der Waals surface area (Å²) >= 11 is 1.45. The molecule has 0 amide bonds. The Morgan fingerprint density at radius 3 is 2.77 bits per heavy atom. The van der Waals surface area contributed by atoms with Crippen LogP contribution in [0.5, 0.6) is 11.5 Å². The summed E-state index contributed by atoms with van der Waals surface area (Å²) in [4.78, 5) is 33.8. The van der Waals surface area contributed by atoms with E-state index in [1.54, 1.807) is 12.1 Å². The first-order chi connectivity index (χ1) is 14.2. The van der Waals surface area contributed by atoms with E-state index in [0.29, 0.717) is 46.3 Å². The number of H-pyrrole nitrogens is 1. The monoisotopic (exact) mass is 427 g/mol. The number of fused-ring (bicyclic) bond motifs is 1. The zero-order valence-corrected chi connectivity index (χ0v) is 18.3. The van der Waals surface area contributed by atoms with Crippen molar-refractivity contribution >= 4 is 23.4 Å². The number of aromatic nitrogens is 2. The molecule has 1 aliphatic carbocycles. The summed E-state index contributed by atoms with van der Waals surface area (Å²) in [5, 5.41) is 13.9. The fourth-order valence-corrected chi connectivity index (χ4v) is 4.90. The number of ketones is 1. The maximum atomic E-state index is 13.2. The van der Waals surface area contributed by atoms with Gasteiger partial charge in [-0.3, -0.25) is 9.59 Å². The molecule has 30 heavy (non-hydrogen) atoms. The molecule has 2 aromatic rings. The van der Waals surface area contributed by atoms with Crippen molar-refractivity contribution in [2.24, 2.45) is 5.41 Å². The molecule has 1 aromatic heterocycles. The third-order valence-electron chi connectivity index (χ3n) is 5.52. The average molecular weight is 428 g/mol. The van der Waals surface area contributed by atoms with Gasteiger partial charge in [0.2, 0.25) is 0 Å². The number of hydrogen-bond donors (Lipinski definition) is 3. The zero-order chi connectivity index (χ0) is 21.6. The van der Waals surface area contributed by atoms with E-state index in [1.165, 1.54) is 24.9 Å². The van der Waals surface area contributed by atoms with Gasteiger partial charge in [0, 0.05) is 23.6 Å². The Morgan fingerprint density at radius 2 is 2.07 bits per heavy atom. The lowest BCUT2D eigenvalue weighted by atomic mass is 9.69. The van der Waals surface area contributed by atoms with E-state index >= 15 is 0 Å². The van der Waals surface area contributed by atoms with Gasteiger partial charge in [-0.15, -0.1) is 0 Å². The first-order valence-corrected chi connectivity index (χ1v) is 10.9. The van der Waals surface area contributed by atoms with Gasteiger partial charge in [0.25, 0.3) is 5.56 Å². The molecule has 0 fully saturated rings. The van der Waals surface area contributed by atoms with Gasteiger partial charge in [-0.05, 0) is 35.3 Å². The van der Waals surface area contributed by atoms with Crippen LogP contribution in [0, 0.1) is 5.41 Å². The molecule has 0 spiro atoms. The summed E-state index contributed by atoms with van der Waals surface area (Å²) in [6.07, 6.45) is 1.09. The van der Waals surface area contributed by atoms with Crippen molar-refractivity contribution in [3.05, 3.63) is 50.9 Å². The van der Waals surface area contributed by atoms with E-state index in [2.05, 4.69) is 29.1 Å². The number of phenols is 1. The molecule has 1 unspecified atom stereocenters. The van der Waals surface area contributed by atoms with Gasteiger partial charge in [-0.25, -0.2) is 4.98 Å². The largest absolute Gasteiger partial charge is 0.504 e. The number of Topliss-reactive ketones (excluding diaryl/α,β-unsaturated/α-hetero) is 1. The van der Waals surface area contributed by atoms with Gasteiger partial charge in [0.1, 0.15) is 5.82 Å². The molecule has 2 aliphatic rings. The molecule has 0 saturated carbocycles. The standard InChI is InChI=1S/C22H25N3O4S/c1-5-30-21-24-19-18(20(28)25-21)16(11-6-7-13(26)15(8-11)29-4)17-12(23-19)9-22(2,3)10-14(17)27/h6-8,16,26H,5,9-10H2,1-4H3,(H2,23,24,25,28). The predicted molar refractivity (Wildman–Crippen MR) is 116 cm³/mol. The lowest BCUT2D eigenvalue weighted by Gasteiger charge is -2.38. The molecule has 158 valence electrons. The number of rotatable bonds is 4. The zero-order valence-electron chi connectivity index (χ0n) is 17.5. The quantitative estimate of drug-likeness (QED) is 0.504. The lowest BCUT2D eigenvalue weighted by molar-refractivity contribution is -0.118. The van der Waals surface area contributed by atoms with E-state index < -0.39 is 5.92 Å². The highest BCUT2D eigenvalue weighted by Crippen LogP contribution is 2.48. The number of methoxy groups -OCH3 is 1. The van der Waals surface area contributed by atoms with E-state index in [4.69, 9.17) is 4.74 Å². The molecule has 0 bridgehead atoms. The van der Waals surface area contributed by atoms with Gasteiger partial charge in [-0.2, -0.15) is 0 Å². The van der Waals surface area contributed by atoms with Crippen molar-refractivity contribution in [2.75, 3.05) is 18.2 Å². The second kappa shape index (κ2) is 7.50. The minimum atomic E-state index is -0.578. The van der Waals surface area contributed by atoms with Crippen LogP contribution in [0.2, 0.25) is 0 Å². The smallest absolute Gasteiger partial charge is 0.257 e. The lowest BCUT2D eigenvalue weighted by Crippen LogP contribution is -2.37. The highest BCUT2D eigenvalue weighted by molar-refractivity contribution is 7.99. The van der Waals surface area contributed by atoms with Crippen LogP contribution >= 0.6 is 11.8 Å². The van der Waals surface area contributed by atoms with Crippen molar-refractivity contribution in [2.45, 2.75) is 44.7 Å². The Labute approximate surface area is 179 Å². The fourth-order valence-electron chi connectivity index (χ4n) is 4.31. The van der Waals surface area contributed by atoms with Crippen LogP contribution in [-0.2, 0) is 4.79 Å². The molecule has 2 heterocycles. The van der Waals surface area contributed by atoms with Crippen molar-refractivity contribution in [3.63, 3.8) is 0 Å². The van der Waals surface area contributed by atoms with Gasteiger partial charge < -0.3 is 20.1 Å². The summed E-state index contributed by atoms with van der Waals surface area (Å²) in [5.74, 6) is 0.994. The second-order valence-electron chi connectivity index (χ2n) is 8.39. The van der Waals surface area contributed by atoms with E-state index in [-0.39, 0.29) is 22.5 Å². The van der Waals surface area contributed by atoms with Gasteiger partial charge >= 0.3 is 0 Å². The number of thioether (sulfide) groups is 1. The van der Waals surface area contributed by atoms with Crippen LogP contribution in [0.4, 0.5) is 5.82 Å². The number of carbonyl (C=O) groups excluding carboxylic acids is 1. The number of nitrogens with one attached hydrogen (secondary N) is 2. The van der Waals surface area contributed by atoms with Crippen molar-refractivity contribution in [1.29, 1.82) is 0 Å². The molecule has 8 heteroatoms. The summed E-state index contributed by atoms with van der Waals surface area (Å²) in [5.41, 5.74) is 2.07. The fraction of sp³-hybridized carbons (Fsp3) is 0.409. The van der Waals surface area contributed by atoms with Crippen LogP contribution in [0.25, 0.3) is 0 Å². The topological polar surface area (TPSA) is 104 Å². The number of ether oxygens (including phenoxy) is 1. The molecule has 1 atom stereocenters. The third kappa shape index (κ3) is 3.49. The Balaban J connectivity index is 1.97. The van der Waals surface area contributed by atoms with Crippen molar-refractivity contribution in [1.82, 2.24) is 9.97 Å². The third-order valence-corrected chi connectivity index (χ3v) is 6.27. The summed E-state index contributed by atoms with van der Waals surface area (Å²) in [7, 11) is 1.47. The van der Waals surface area contributed by atoms with Gasteiger partial charge in [0.05, 0.1) is 12.7 Å². The second-order valence-corrected chi connectivity index (χ2v) is 9.64. The number of benzene rings is 1. The highest BCUT2D eigenvalue weighted by Gasteiger charge is 2.42. The van der Waals surface area contributed by atoms with Crippen LogP contribution < -0.4 is 15.6 Å². The Hall–Kier alpha value is -2.74. The first kappa shape index (κ1) is 20.5. The minimum Gasteiger partial charge on any atom is -0.504 e. The number of allylic oxidation sites excluding steroid dienone is 2. The molecular formula is C22H25N3O4S. The van der Waals surface area contributed by atoms with Crippen molar-refractivity contribution in [3.8, 4) is 11.5 Å². The van der Waals surface area contributed by atoms with Crippen LogP contribution in [0.1, 0.15) is 50.7 Å². The van der Waals surface area contributed by atoms with Crippen LogP contribution in [-0.4, -0.2) is 33.7 Å². The Kier molecular flexibility index (Phi) is 5.13. The molecular weight excluding hydrogens is 402 g/mol. The van der Waals surface area contributed by atoms with Gasteiger partial charge in [-0.1, -0.05) is 38.6 Å². The SMILES string of the molecule is CCSc1nc2c(c(=O)[nH]1)C(c1ccc(O)c(OC)c1)C1=C(CC(C)(C)CC1=O)N2. The number of aromatic amines is 1. The molecule has 0 radical (unpaired) electrons. The number of carbonyl (C=O) groups is 1. The normalized spacial score (nSPS) is 19.7. The van der Waals surface area contributed by atoms with E-state index in [1.807, 2.05) is 6.92 Å². The Bertz CT molecular complexity index is 1120. The van der Waals surface area contributed by atoms with E-state index in [0.717, 1.165) is 11.4 Å². The number of anilines is 1. The molecule has 3 N–H and O–H groups in total. The summed E-state index contributed by atoms with van der Waals surface area (Å²) in [6.45, 7) is 6.12. The predicted octanol–water partition coefficient (Wildman–Crippen LogP) is 3.80. The number of phenolic OH excluding ortho intramolecular Hbond substituents is 1. The van der Waals surface area contributed by atoms with E-state index in [9.17, 15) is 14.7 Å². The van der Waals surface area contributed by atoms with Crippen LogP contribution in [0.15, 0.2) is 39.4 Å². The molecule has 0 saturated heterocycles. The summed E-state index contributed by atoms with van der Waals surface area (Å²) < 4.78 is 5.27. The number of aromatic hydroxyl groups is 1. The van der Waals surface area contributed by atoms with Gasteiger partial charge in [0.15, 0.2) is 22.4 Å². The maximum absolute atomic E-state index is 13.2.